The summed E-state index contributed by atoms with van der Waals surface area (Å²) in [6, 6.07) is 5.82. The highest BCUT2D eigenvalue weighted by Crippen LogP contribution is 2.22. The third-order valence-electron chi connectivity index (χ3n) is 3.43. The predicted molar refractivity (Wildman–Crippen MR) is 80.3 cm³/mol. The number of Topliss-reactive ketones (excluding diaryl/α,β-unsaturated/α-hetero) is 1. The molecule has 0 amide bonds. The fourth-order valence-electron chi connectivity index (χ4n) is 2.31. The Hall–Kier alpha value is -2.71. The van der Waals surface area contributed by atoms with E-state index in [1.807, 2.05) is 0 Å². The van der Waals surface area contributed by atoms with Crippen molar-refractivity contribution in [2.24, 2.45) is 5.14 Å². The molecule has 116 valence electrons. The molecule has 1 aliphatic rings. The Morgan fingerprint density at radius 1 is 1.09 bits per heavy atom. The second kappa shape index (κ2) is 5.49. The van der Waals surface area contributed by atoms with Crippen LogP contribution in [-0.2, 0) is 16.4 Å². The number of hydrogen-bond donors (Lipinski definition) is 1. The maximum atomic E-state index is 12.4. The van der Waals surface area contributed by atoms with Crippen LogP contribution in [0, 0.1) is 0 Å². The van der Waals surface area contributed by atoms with Gasteiger partial charge in [0.05, 0.1) is 10.5 Å². The minimum atomic E-state index is -3.76. The molecule has 0 fully saturated rings. The van der Waals surface area contributed by atoms with E-state index < -0.39 is 10.0 Å². The molecule has 0 radical (unpaired) electrons. The number of allylic oxidation sites excluding steroid dienone is 2. The Morgan fingerprint density at radius 3 is 2.43 bits per heavy atom. The number of rotatable bonds is 3. The summed E-state index contributed by atoms with van der Waals surface area (Å²) in [5.41, 5.74) is 1.26. The maximum absolute atomic E-state index is 12.4. The van der Waals surface area contributed by atoms with E-state index in [2.05, 4.69) is 9.97 Å². The molecule has 0 saturated carbocycles. The molecule has 1 aromatic heterocycles. The van der Waals surface area contributed by atoms with Gasteiger partial charge < -0.3 is 0 Å². The van der Waals surface area contributed by atoms with Gasteiger partial charge in [0.25, 0.3) is 0 Å². The lowest BCUT2D eigenvalue weighted by molar-refractivity contribution is 0.0978. The summed E-state index contributed by atoms with van der Waals surface area (Å²) in [7, 11) is -3.76. The lowest BCUT2D eigenvalue weighted by atomic mass is 9.90. The second-order valence-electron chi connectivity index (χ2n) is 5.01. The van der Waals surface area contributed by atoms with Crippen molar-refractivity contribution in [3.63, 3.8) is 0 Å². The minimum Gasteiger partial charge on any atom is -0.289 e. The average molecular weight is 329 g/mol. The van der Waals surface area contributed by atoms with Crippen LogP contribution in [0.2, 0.25) is 0 Å². The summed E-state index contributed by atoms with van der Waals surface area (Å²) in [5.74, 6) is -0.658. The first-order valence-corrected chi connectivity index (χ1v) is 8.12. The van der Waals surface area contributed by atoms with Crippen molar-refractivity contribution >= 4 is 21.6 Å². The summed E-state index contributed by atoms with van der Waals surface area (Å²) in [6.45, 7) is 0. The fourth-order valence-corrected chi connectivity index (χ4v) is 2.82. The molecule has 1 aromatic carbocycles. The molecule has 1 aliphatic carbocycles. The number of nitrogens with two attached hydrogens (primary N) is 1. The van der Waals surface area contributed by atoms with Crippen LogP contribution >= 0.6 is 0 Å². The number of sulfonamides is 1. The summed E-state index contributed by atoms with van der Waals surface area (Å²) < 4.78 is 22.4. The van der Waals surface area contributed by atoms with Crippen molar-refractivity contribution in [1.82, 2.24) is 9.97 Å². The Kier molecular flexibility index (Phi) is 3.63. The first kappa shape index (κ1) is 15.2. The molecule has 3 rings (SSSR count). The quantitative estimate of drug-likeness (QED) is 0.883. The van der Waals surface area contributed by atoms with Crippen LogP contribution in [0.5, 0.6) is 0 Å². The van der Waals surface area contributed by atoms with E-state index in [0.717, 1.165) is 0 Å². The standard InChI is InChI=1S/C15H11N3O4S/c16-23(21,22)11-3-1-9(2-4-11)5-10-6-13(19)14-12(15(10)20)7-17-8-18-14/h1-4,6-8H,5H2,(H2,16,21,22). The Bertz CT molecular complexity index is 947. The lowest BCUT2D eigenvalue weighted by Gasteiger charge is -2.13. The number of fused-ring (bicyclic) bond motifs is 1. The SMILES string of the molecule is NS(=O)(=O)c1ccc(CC2=CC(=O)c3ncncc3C2=O)cc1. The number of primary sulfonamides is 1. The number of benzene rings is 1. The van der Waals surface area contributed by atoms with Gasteiger partial charge in [0.2, 0.25) is 15.8 Å². The molecule has 0 saturated heterocycles. The van der Waals surface area contributed by atoms with E-state index in [1.54, 1.807) is 12.1 Å². The molecule has 0 atom stereocenters. The van der Waals surface area contributed by atoms with Gasteiger partial charge in [-0.05, 0) is 23.8 Å². The zero-order valence-electron chi connectivity index (χ0n) is 11.8. The van der Waals surface area contributed by atoms with E-state index >= 15 is 0 Å². The molecule has 2 aromatic rings. The van der Waals surface area contributed by atoms with Crippen LogP contribution in [0.25, 0.3) is 0 Å². The largest absolute Gasteiger partial charge is 0.289 e. The molecule has 0 unspecified atom stereocenters. The van der Waals surface area contributed by atoms with Crippen molar-refractivity contribution in [2.75, 3.05) is 0 Å². The van der Waals surface area contributed by atoms with Crippen molar-refractivity contribution in [3.8, 4) is 0 Å². The minimum absolute atomic E-state index is 0.0139. The average Bonchev–Trinajstić information content (AvgIpc) is 2.52. The number of hydrogen-bond acceptors (Lipinski definition) is 6. The predicted octanol–water partition coefficient (Wildman–Crippen LogP) is 0.672. The Morgan fingerprint density at radius 2 is 1.78 bits per heavy atom. The van der Waals surface area contributed by atoms with Gasteiger partial charge in [-0.15, -0.1) is 0 Å². The van der Waals surface area contributed by atoms with Crippen LogP contribution in [0.1, 0.15) is 26.4 Å². The van der Waals surface area contributed by atoms with Gasteiger partial charge >= 0.3 is 0 Å². The topological polar surface area (TPSA) is 120 Å². The third-order valence-corrected chi connectivity index (χ3v) is 4.36. The van der Waals surface area contributed by atoms with Crippen molar-refractivity contribution in [1.29, 1.82) is 0 Å². The van der Waals surface area contributed by atoms with Gasteiger partial charge in [-0.3, -0.25) is 9.59 Å². The molecular formula is C15H11N3O4S. The molecular weight excluding hydrogens is 318 g/mol. The fraction of sp³-hybridized carbons (Fsp3) is 0.0667. The Balaban J connectivity index is 1.90. The highest BCUT2D eigenvalue weighted by Gasteiger charge is 2.26. The number of ketones is 2. The van der Waals surface area contributed by atoms with Crippen molar-refractivity contribution in [3.05, 3.63) is 65.3 Å². The third kappa shape index (κ3) is 2.94. The van der Waals surface area contributed by atoms with Gasteiger partial charge in [-0.2, -0.15) is 0 Å². The first-order chi connectivity index (χ1) is 10.9. The van der Waals surface area contributed by atoms with Gasteiger partial charge in [0, 0.05) is 18.2 Å². The van der Waals surface area contributed by atoms with E-state index in [1.165, 1.54) is 30.7 Å². The highest BCUT2D eigenvalue weighted by atomic mass is 32.2. The van der Waals surface area contributed by atoms with Gasteiger partial charge in [0.1, 0.15) is 12.0 Å². The molecule has 23 heavy (non-hydrogen) atoms. The van der Waals surface area contributed by atoms with E-state index in [9.17, 15) is 18.0 Å². The van der Waals surface area contributed by atoms with E-state index in [0.29, 0.717) is 11.1 Å². The molecule has 0 aliphatic heterocycles. The van der Waals surface area contributed by atoms with E-state index in [-0.39, 0.29) is 34.1 Å². The van der Waals surface area contributed by atoms with Gasteiger partial charge in [-0.25, -0.2) is 23.5 Å². The van der Waals surface area contributed by atoms with Crippen molar-refractivity contribution < 1.29 is 18.0 Å². The lowest BCUT2D eigenvalue weighted by Crippen LogP contribution is -2.20. The Labute approximate surface area is 131 Å². The molecule has 7 nitrogen and oxygen atoms in total. The number of carbonyl (C=O) groups is 2. The van der Waals surface area contributed by atoms with E-state index in [4.69, 9.17) is 5.14 Å². The second-order valence-corrected chi connectivity index (χ2v) is 6.58. The van der Waals surface area contributed by atoms with Gasteiger partial charge in [0.15, 0.2) is 5.78 Å². The molecule has 1 heterocycles. The van der Waals surface area contributed by atoms with Crippen LogP contribution in [0.4, 0.5) is 0 Å². The van der Waals surface area contributed by atoms with Crippen LogP contribution in [0.15, 0.2) is 53.3 Å². The number of carbonyl (C=O) groups excluding carboxylic acids is 2. The maximum Gasteiger partial charge on any atom is 0.238 e. The number of nitrogens with zero attached hydrogens (tertiary/aromatic N) is 2. The summed E-state index contributed by atoms with van der Waals surface area (Å²) in [4.78, 5) is 32.0. The molecule has 0 bridgehead atoms. The summed E-state index contributed by atoms with van der Waals surface area (Å²) in [5, 5.41) is 5.03. The monoisotopic (exact) mass is 329 g/mol. The molecule has 2 N–H and O–H groups in total. The first-order valence-electron chi connectivity index (χ1n) is 6.57. The zero-order valence-corrected chi connectivity index (χ0v) is 12.6. The van der Waals surface area contributed by atoms with Crippen LogP contribution in [0.3, 0.4) is 0 Å². The molecule has 8 heteroatoms. The van der Waals surface area contributed by atoms with Crippen LogP contribution in [-0.4, -0.2) is 30.0 Å². The highest BCUT2D eigenvalue weighted by molar-refractivity contribution is 7.89. The summed E-state index contributed by atoms with van der Waals surface area (Å²) in [6.07, 6.45) is 3.99. The molecule has 0 spiro atoms. The van der Waals surface area contributed by atoms with Crippen molar-refractivity contribution in [2.45, 2.75) is 11.3 Å². The normalized spacial score (nSPS) is 14.4. The van der Waals surface area contributed by atoms with Crippen LogP contribution < -0.4 is 5.14 Å². The zero-order chi connectivity index (χ0) is 16.6. The van der Waals surface area contributed by atoms with Gasteiger partial charge in [-0.1, -0.05) is 12.1 Å². The summed E-state index contributed by atoms with van der Waals surface area (Å²) >= 11 is 0. The smallest absolute Gasteiger partial charge is 0.238 e. The number of aromatic nitrogens is 2.